The summed E-state index contributed by atoms with van der Waals surface area (Å²) in [5.41, 5.74) is 13.2. The maximum Gasteiger partial charge on any atom is 0.150 e. The number of piperazine rings is 1. The average molecular weight is 490 g/mol. The van der Waals surface area contributed by atoms with Crippen molar-refractivity contribution in [2.75, 3.05) is 51.0 Å². The number of benzene rings is 3. The number of hydrogen-bond donors (Lipinski definition) is 1. The first kappa shape index (κ1) is 23.1. The van der Waals surface area contributed by atoms with Crippen molar-refractivity contribution >= 4 is 17.0 Å². The van der Waals surface area contributed by atoms with E-state index in [1.807, 2.05) is 40.9 Å². The molecule has 7 nitrogen and oxygen atoms in total. The van der Waals surface area contributed by atoms with E-state index in [4.69, 9.17) is 15.5 Å². The molecular formula is C30H29N6O. The van der Waals surface area contributed by atoms with Gasteiger partial charge in [-0.15, -0.1) is 0 Å². The molecule has 185 valence electrons. The number of fused-ring (bicyclic) bond motifs is 1. The fourth-order valence-corrected chi connectivity index (χ4v) is 4.99. The fraction of sp³-hybridized carbons (Fsp3) is 0.200. The Kier molecular flexibility index (Phi) is 5.98. The van der Waals surface area contributed by atoms with Crippen LogP contribution in [0.5, 0.6) is 5.75 Å². The van der Waals surface area contributed by atoms with Gasteiger partial charge in [-0.1, -0.05) is 24.3 Å². The van der Waals surface area contributed by atoms with Crippen LogP contribution in [-0.4, -0.2) is 59.6 Å². The summed E-state index contributed by atoms with van der Waals surface area (Å²) in [6, 6.07) is 25.8. The Morgan fingerprint density at radius 1 is 0.946 bits per heavy atom. The molecule has 0 bridgehead atoms. The molecule has 1 aliphatic rings. The van der Waals surface area contributed by atoms with Crippen LogP contribution in [0.4, 0.5) is 11.5 Å². The SMILES string of the molecule is COc1cc(-c2nc(-c3ccc(N4CCN(C)CC4)cc3)n3ccnc(N)c23)ccc1-c1c[c]ccc1. The molecule has 1 radical (unpaired) electrons. The number of hydrogen-bond acceptors (Lipinski definition) is 6. The molecule has 6 rings (SSSR count). The van der Waals surface area contributed by atoms with E-state index in [0.717, 1.165) is 71.2 Å². The first-order valence-corrected chi connectivity index (χ1v) is 12.4. The fourth-order valence-electron chi connectivity index (χ4n) is 4.99. The lowest BCUT2D eigenvalue weighted by atomic mass is 10.0. The molecule has 3 heterocycles. The van der Waals surface area contributed by atoms with Crippen molar-refractivity contribution in [3.63, 3.8) is 0 Å². The molecule has 5 aromatic rings. The second-order valence-corrected chi connectivity index (χ2v) is 9.36. The molecule has 0 saturated carbocycles. The van der Waals surface area contributed by atoms with Gasteiger partial charge in [-0.25, -0.2) is 9.97 Å². The zero-order valence-electron chi connectivity index (χ0n) is 21.1. The minimum absolute atomic E-state index is 0.436. The van der Waals surface area contributed by atoms with E-state index in [1.165, 1.54) is 5.69 Å². The van der Waals surface area contributed by atoms with E-state index in [0.29, 0.717) is 5.82 Å². The van der Waals surface area contributed by atoms with Crippen LogP contribution in [0.2, 0.25) is 0 Å². The maximum atomic E-state index is 6.39. The van der Waals surface area contributed by atoms with E-state index in [2.05, 4.69) is 64.3 Å². The number of methoxy groups -OCH3 is 1. The highest BCUT2D eigenvalue weighted by atomic mass is 16.5. The molecule has 2 aromatic heterocycles. The van der Waals surface area contributed by atoms with Gasteiger partial charge in [0.2, 0.25) is 0 Å². The normalized spacial score (nSPS) is 14.3. The summed E-state index contributed by atoms with van der Waals surface area (Å²) in [5, 5.41) is 0. The van der Waals surface area contributed by atoms with Crippen LogP contribution in [0.1, 0.15) is 0 Å². The Balaban J connectivity index is 1.41. The number of aromatic nitrogens is 3. The Bertz CT molecular complexity index is 1540. The highest BCUT2D eigenvalue weighted by Crippen LogP contribution is 2.37. The zero-order chi connectivity index (χ0) is 25.4. The second-order valence-electron chi connectivity index (χ2n) is 9.36. The van der Waals surface area contributed by atoms with Gasteiger partial charge in [0, 0.05) is 61.0 Å². The summed E-state index contributed by atoms with van der Waals surface area (Å²) in [6.07, 6.45) is 3.63. The van der Waals surface area contributed by atoms with Gasteiger partial charge in [0.1, 0.15) is 28.6 Å². The average Bonchev–Trinajstić information content (AvgIpc) is 3.35. The Morgan fingerprint density at radius 3 is 2.46 bits per heavy atom. The Hall–Kier alpha value is -4.36. The van der Waals surface area contributed by atoms with Crippen LogP contribution in [-0.2, 0) is 0 Å². The van der Waals surface area contributed by atoms with Gasteiger partial charge in [-0.3, -0.25) is 4.40 Å². The van der Waals surface area contributed by atoms with Gasteiger partial charge in [-0.2, -0.15) is 0 Å². The molecule has 1 fully saturated rings. The Morgan fingerprint density at radius 2 is 1.73 bits per heavy atom. The largest absolute Gasteiger partial charge is 0.496 e. The summed E-state index contributed by atoms with van der Waals surface area (Å²) in [6.45, 7) is 4.22. The van der Waals surface area contributed by atoms with Crippen molar-refractivity contribution in [3.05, 3.63) is 85.2 Å². The molecule has 7 heteroatoms. The lowest BCUT2D eigenvalue weighted by Crippen LogP contribution is -2.44. The van der Waals surface area contributed by atoms with E-state index >= 15 is 0 Å². The molecule has 0 unspecified atom stereocenters. The smallest absolute Gasteiger partial charge is 0.150 e. The first-order chi connectivity index (χ1) is 18.1. The topological polar surface area (TPSA) is 71.9 Å². The lowest BCUT2D eigenvalue weighted by Gasteiger charge is -2.34. The summed E-state index contributed by atoms with van der Waals surface area (Å²) >= 11 is 0. The van der Waals surface area contributed by atoms with Crippen LogP contribution >= 0.6 is 0 Å². The van der Waals surface area contributed by atoms with Crippen LogP contribution in [0.15, 0.2) is 79.1 Å². The third kappa shape index (κ3) is 4.27. The van der Waals surface area contributed by atoms with E-state index in [1.54, 1.807) is 13.3 Å². The number of nitrogen functional groups attached to an aromatic ring is 1. The summed E-state index contributed by atoms with van der Waals surface area (Å²) < 4.78 is 7.79. The van der Waals surface area contributed by atoms with Crippen molar-refractivity contribution in [2.24, 2.45) is 0 Å². The molecular weight excluding hydrogens is 460 g/mol. The zero-order valence-corrected chi connectivity index (χ0v) is 21.1. The predicted octanol–water partition coefficient (Wildman–Crippen LogP) is 4.87. The van der Waals surface area contributed by atoms with Crippen molar-refractivity contribution < 1.29 is 4.74 Å². The van der Waals surface area contributed by atoms with Gasteiger partial charge in [0.25, 0.3) is 0 Å². The predicted molar refractivity (Wildman–Crippen MR) is 149 cm³/mol. The number of nitrogens with zero attached hydrogens (tertiary/aromatic N) is 5. The van der Waals surface area contributed by atoms with E-state index < -0.39 is 0 Å². The third-order valence-electron chi connectivity index (χ3n) is 7.07. The standard InChI is InChI=1S/C30H29N6O/c1-34-16-18-35(19-17-34)24-11-8-22(9-12-24)30-33-27(28-29(31)32-14-15-36(28)30)23-10-13-25(26(20-23)37-2)21-6-4-3-5-7-21/h3-4,6-15,20H,16-19H2,1-2H3,(H2,31,32). The van der Waals surface area contributed by atoms with Crippen molar-refractivity contribution in [1.82, 2.24) is 19.3 Å². The molecule has 1 saturated heterocycles. The summed E-state index contributed by atoms with van der Waals surface area (Å²) in [4.78, 5) is 14.2. The molecule has 0 amide bonds. The lowest BCUT2D eigenvalue weighted by molar-refractivity contribution is 0.313. The number of rotatable bonds is 5. The van der Waals surface area contributed by atoms with Gasteiger partial charge >= 0.3 is 0 Å². The first-order valence-electron chi connectivity index (χ1n) is 12.4. The second kappa shape index (κ2) is 9.59. The van der Waals surface area contributed by atoms with Gasteiger partial charge in [-0.05, 0) is 61.1 Å². The molecule has 0 aliphatic carbocycles. The quantitative estimate of drug-likeness (QED) is 0.380. The van der Waals surface area contributed by atoms with Gasteiger partial charge in [0.05, 0.1) is 7.11 Å². The van der Waals surface area contributed by atoms with E-state index in [-0.39, 0.29) is 0 Å². The van der Waals surface area contributed by atoms with Crippen molar-refractivity contribution in [3.8, 4) is 39.5 Å². The van der Waals surface area contributed by atoms with Crippen LogP contribution < -0.4 is 15.4 Å². The van der Waals surface area contributed by atoms with Crippen LogP contribution in [0.3, 0.4) is 0 Å². The number of ether oxygens (including phenoxy) is 1. The van der Waals surface area contributed by atoms with Gasteiger partial charge < -0.3 is 20.3 Å². The monoisotopic (exact) mass is 489 g/mol. The third-order valence-corrected chi connectivity index (χ3v) is 7.07. The molecule has 3 aromatic carbocycles. The highest BCUT2D eigenvalue weighted by Gasteiger charge is 2.20. The van der Waals surface area contributed by atoms with E-state index in [9.17, 15) is 0 Å². The van der Waals surface area contributed by atoms with Crippen molar-refractivity contribution in [1.29, 1.82) is 0 Å². The highest BCUT2D eigenvalue weighted by molar-refractivity contribution is 5.89. The molecule has 0 atom stereocenters. The molecule has 1 aliphatic heterocycles. The minimum Gasteiger partial charge on any atom is -0.496 e. The maximum absolute atomic E-state index is 6.39. The number of imidazole rings is 1. The number of anilines is 2. The Labute approximate surface area is 216 Å². The molecule has 2 N–H and O–H groups in total. The van der Waals surface area contributed by atoms with Gasteiger partial charge in [0.15, 0.2) is 0 Å². The minimum atomic E-state index is 0.436. The number of likely N-dealkylation sites (N-methyl/N-ethyl adjacent to an activating group) is 1. The molecule has 37 heavy (non-hydrogen) atoms. The van der Waals surface area contributed by atoms with Crippen LogP contribution in [0, 0.1) is 6.07 Å². The number of nitrogens with two attached hydrogens (primary N) is 1. The summed E-state index contributed by atoms with van der Waals surface area (Å²) in [7, 11) is 3.86. The van der Waals surface area contributed by atoms with Crippen molar-refractivity contribution in [2.45, 2.75) is 0 Å². The summed E-state index contributed by atoms with van der Waals surface area (Å²) in [5.74, 6) is 2.02. The van der Waals surface area contributed by atoms with Crippen LogP contribution in [0.25, 0.3) is 39.3 Å². The molecule has 0 spiro atoms.